The molecular formula is C18H29N2O3+. The van der Waals surface area contributed by atoms with E-state index in [1.165, 1.54) is 12.8 Å². The van der Waals surface area contributed by atoms with Crippen LogP contribution in [0.1, 0.15) is 32.1 Å². The highest BCUT2D eigenvalue weighted by molar-refractivity contribution is 5.60. The lowest BCUT2D eigenvalue weighted by Gasteiger charge is -2.26. The number of ether oxygens (including phenoxy) is 2. The van der Waals surface area contributed by atoms with Gasteiger partial charge in [0.15, 0.2) is 5.75 Å². The van der Waals surface area contributed by atoms with Crippen molar-refractivity contribution < 1.29 is 19.6 Å². The third-order valence-electron chi connectivity index (χ3n) is 4.30. The van der Waals surface area contributed by atoms with Crippen molar-refractivity contribution in [2.45, 2.75) is 38.2 Å². The third-order valence-corrected chi connectivity index (χ3v) is 4.30. The second kappa shape index (κ2) is 8.77. The van der Waals surface area contributed by atoms with Crippen LogP contribution in [0, 0.1) is 5.92 Å². The fourth-order valence-corrected chi connectivity index (χ4v) is 3.22. The van der Waals surface area contributed by atoms with E-state index >= 15 is 0 Å². The van der Waals surface area contributed by atoms with Crippen molar-refractivity contribution in [3.63, 3.8) is 0 Å². The Morgan fingerprint density at radius 1 is 1.22 bits per heavy atom. The Bertz CT molecular complexity index is 517. The SMILES string of the molecule is COc1ccccc1[NH+]=C(O)O[C@@H]1CCCCC[C@@H]1CN(C)C. The number of benzene rings is 1. The second-order valence-corrected chi connectivity index (χ2v) is 6.45. The van der Waals surface area contributed by atoms with Crippen molar-refractivity contribution in [1.29, 1.82) is 0 Å². The molecule has 23 heavy (non-hydrogen) atoms. The van der Waals surface area contributed by atoms with Gasteiger partial charge in [-0.3, -0.25) is 0 Å². The first-order valence-electron chi connectivity index (χ1n) is 8.37. The number of nitrogens with one attached hydrogen (secondary N) is 1. The highest BCUT2D eigenvalue weighted by atomic mass is 16.6. The van der Waals surface area contributed by atoms with Gasteiger partial charge in [0, 0.05) is 18.5 Å². The van der Waals surface area contributed by atoms with E-state index in [0.717, 1.165) is 25.8 Å². The maximum atomic E-state index is 10.2. The van der Waals surface area contributed by atoms with Crippen LogP contribution in [0.4, 0.5) is 5.69 Å². The largest absolute Gasteiger partial charge is 0.551 e. The molecule has 5 heteroatoms. The minimum Gasteiger partial charge on any atom is -0.490 e. The molecular weight excluding hydrogens is 292 g/mol. The highest BCUT2D eigenvalue weighted by Gasteiger charge is 2.28. The van der Waals surface area contributed by atoms with Crippen LogP contribution in [0.25, 0.3) is 0 Å². The van der Waals surface area contributed by atoms with Crippen LogP contribution in [0.2, 0.25) is 0 Å². The summed E-state index contributed by atoms with van der Waals surface area (Å²) in [5.41, 5.74) is 0.699. The second-order valence-electron chi connectivity index (χ2n) is 6.45. The summed E-state index contributed by atoms with van der Waals surface area (Å²) in [6.45, 7) is 0.979. The van der Waals surface area contributed by atoms with Gasteiger partial charge in [0.25, 0.3) is 5.69 Å². The summed E-state index contributed by atoms with van der Waals surface area (Å²) < 4.78 is 11.1. The van der Waals surface area contributed by atoms with Crippen molar-refractivity contribution in [3.8, 4) is 5.75 Å². The lowest BCUT2D eigenvalue weighted by atomic mass is 9.97. The zero-order chi connectivity index (χ0) is 16.7. The van der Waals surface area contributed by atoms with Crippen LogP contribution in [0.15, 0.2) is 24.3 Å². The van der Waals surface area contributed by atoms with Gasteiger partial charge >= 0.3 is 6.08 Å². The molecule has 1 saturated carbocycles. The number of methoxy groups -OCH3 is 1. The first-order valence-corrected chi connectivity index (χ1v) is 8.37. The Morgan fingerprint density at radius 3 is 2.70 bits per heavy atom. The van der Waals surface area contributed by atoms with E-state index in [4.69, 9.17) is 9.47 Å². The predicted molar refractivity (Wildman–Crippen MR) is 91.3 cm³/mol. The summed E-state index contributed by atoms with van der Waals surface area (Å²) in [6, 6.07) is 7.47. The van der Waals surface area contributed by atoms with Gasteiger partial charge in [-0.1, -0.05) is 25.0 Å². The molecule has 0 bridgehead atoms. The third kappa shape index (κ3) is 5.43. The van der Waals surface area contributed by atoms with E-state index in [9.17, 15) is 5.11 Å². The standard InChI is InChI=1S/C18H28N2O3/c1-20(2)13-14-9-5-4-6-11-16(14)23-18(21)19-15-10-7-8-12-17(15)22-3/h7-8,10,12,14,16H,4-6,9,11,13H2,1-3H3,(H,19,21)/p+1/t14-,16-/m1/s1. The van der Waals surface area contributed by atoms with Gasteiger partial charge in [0.05, 0.1) is 7.11 Å². The smallest absolute Gasteiger partial charge is 0.490 e. The lowest BCUT2D eigenvalue weighted by Crippen LogP contribution is -2.68. The molecule has 2 rings (SSSR count). The Hall–Kier alpha value is -1.75. The summed E-state index contributed by atoms with van der Waals surface area (Å²) in [4.78, 5) is 5.11. The maximum Gasteiger partial charge on any atom is 0.551 e. The van der Waals surface area contributed by atoms with Crippen LogP contribution >= 0.6 is 0 Å². The van der Waals surface area contributed by atoms with Crippen molar-refractivity contribution >= 4 is 11.8 Å². The fraction of sp³-hybridized carbons (Fsp3) is 0.611. The molecule has 0 amide bonds. The Balaban J connectivity index is 2.09. The van der Waals surface area contributed by atoms with E-state index in [1.807, 2.05) is 24.3 Å². The first kappa shape index (κ1) is 17.6. The molecule has 1 fully saturated rings. The monoisotopic (exact) mass is 321 g/mol. The van der Waals surface area contributed by atoms with E-state index in [0.29, 0.717) is 17.4 Å². The first-order chi connectivity index (χ1) is 11.1. The summed E-state index contributed by atoms with van der Waals surface area (Å²) in [5.74, 6) is 1.11. The molecule has 5 nitrogen and oxygen atoms in total. The molecule has 1 aliphatic rings. The van der Waals surface area contributed by atoms with Gasteiger partial charge in [0.2, 0.25) is 0 Å². The minimum absolute atomic E-state index is 0.0436. The van der Waals surface area contributed by atoms with E-state index in [1.54, 1.807) is 7.11 Å². The van der Waals surface area contributed by atoms with Gasteiger partial charge < -0.3 is 19.5 Å². The average Bonchev–Trinajstić information content (AvgIpc) is 2.73. The minimum atomic E-state index is -0.148. The molecule has 2 atom stereocenters. The molecule has 0 spiro atoms. The van der Waals surface area contributed by atoms with Crippen LogP contribution < -0.4 is 9.73 Å². The van der Waals surface area contributed by atoms with Crippen molar-refractivity contribution in [2.24, 2.45) is 5.92 Å². The van der Waals surface area contributed by atoms with Gasteiger partial charge in [-0.05, 0) is 39.4 Å². The number of nitrogens with zero attached hydrogens (tertiary/aromatic N) is 1. The fourth-order valence-electron chi connectivity index (χ4n) is 3.22. The molecule has 1 aromatic rings. The van der Waals surface area contributed by atoms with Crippen LogP contribution in [0.3, 0.4) is 0 Å². The predicted octanol–water partition coefficient (Wildman–Crippen LogP) is 1.85. The van der Waals surface area contributed by atoms with Crippen molar-refractivity contribution in [3.05, 3.63) is 24.3 Å². The van der Waals surface area contributed by atoms with Gasteiger partial charge in [0.1, 0.15) is 6.10 Å². The normalized spacial score (nSPS) is 22.7. The van der Waals surface area contributed by atoms with E-state index in [2.05, 4.69) is 24.0 Å². The summed E-state index contributed by atoms with van der Waals surface area (Å²) in [7, 11) is 5.77. The Kier molecular flexibility index (Phi) is 6.71. The molecule has 0 aromatic heterocycles. The molecule has 128 valence electrons. The summed E-state index contributed by atoms with van der Waals surface area (Å²) in [6.07, 6.45) is 5.65. The van der Waals surface area contributed by atoms with Crippen molar-refractivity contribution in [2.75, 3.05) is 27.7 Å². The molecule has 0 aliphatic heterocycles. The molecule has 0 unspecified atom stereocenters. The number of hydrogen-bond donors (Lipinski definition) is 2. The molecule has 2 N–H and O–H groups in total. The van der Waals surface area contributed by atoms with Crippen LogP contribution in [-0.2, 0) is 4.74 Å². The lowest BCUT2D eigenvalue weighted by molar-refractivity contribution is -0.385. The van der Waals surface area contributed by atoms with Crippen molar-refractivity contribution in [1.82, 2.24) is 4.90 Å². The average molecular weight is 321 g/mol. The number of para-hydroxylation sites is 2. The molecule has 0 heterocycles. The van der Waals surface area contributed by atoms with Crippen LogP contribution in [0.5, 0.6) is 5.75 Å². The summed E-state index contributed by atoms with van der Waals surface area (Å²) in [5, 5.41) is 10.2. The number of hydrogen-bond acceptors (Lipinski definition) is 3. The van der Waals surface area contributed by atoms with Gasteiger partial charge in [-0.25, -0.2) is 0 Å². The van der Waals surface area contributed by atoms with Crippen LogP contribution in [-0.4, -0.2) is 49.9 Å². The number of aliphatic hydroxyl groups excluding tert-OH is 1. The molecule has 1 aromatic carbocycles. The van der Waals surface area contributed by atoms with E-state index in [-0.39, 0.29) is 12.2 Å². The topological polar surface area (TPSA) is 55.9 Å². The maximum absolute atomic E-state index is 10.2. The summed E-state index contributed by atoms with van der Waals surface area (Å²) >= 11 is 0. The Labute approximate surface area is 138 Å². The van der Waals surface area contributed by atoms with Gasteiger partial charge in [-0.2, -0.15) is 0 Å². The van der Waals surface area contributed by atoms with Gasteiger partial charge in [-0.15, -0.1) is 4.99 Å². The molecule has 0 radical (unpaired) electrons. The quantitative estimate of drug-likeness (QED) is 0.494. The highest BCUT2D eigenvalue weighted by Crippen LogP contribution is 2.26. The Morgan fingerprint density at radius 2 is 1.96 bits per heavy atom. The van der Waals surface area contributed by atoms with E-state index < -0.39 is 0 Å². The zero-order valence-corrected chi connectivity index (χ0v) is 14.4. The zero-order valence-electron chi connectivity index (χ0n) is 14.4. The number of rotatable bonds is 5. The molecule has 0 saturated heterocycles. The molecule has 1 aliphatic carbocycles. The number of aliphatic hydroxyl groups is 1.